The number of hydrogen-bond donors (Lipinski definition) is 1. The summed E-state index contributed by atoms with van der Waals surface area (Å²) in [5.41, 5.74) is 1.76. The summed E-state index contributed by atoms with van der Waals surface area (Å²) < 4.78 is 39.7. The summed E-state index contributed by atoms with van der Waals surface area (Å²) >= 11 is 0. The Bertz CT molecular complexity index is 908. The highest BCUT2D eigenvalue weighted by atomic mass is 32.2. The van der Waals surface area contributed by atoms with Crippen LogP contribution in [0.25, 0.3) is 0 Å². The first-order valence-electron chi connectivity index (χ1n) is 9.55. The summed E-state index contributed by atoms with van der Waals surface area (Å²) in [4.78, 5) is 12.3. The van der Waals surface area contributed by atoms with E-state index >= 15 is 0 Å². The molecule has 0 unspecified atom stereocenters. The molecule has 0 aromatic heterocycles. The maximum atomic E-state index is 13.1. The van der Waals surface area contributed by atoms with E-state index in [-0.39, 0.29) is 11.7 Å². The number of carbonyl (C=O) groups is 1. The largest absolute Gasteiger partial charge is 0.356 e. The Kier molecular flexibility index (Phi) is 6.80. The van der Waals surface area contributed by atoms with E-state index < -0.39 is 10.0 Å². The Hall–Kier alpha value is -2.25. The van der Waals surface area contributed by atoms with Crippen molar-refractivity contribution in [3.63, 3.8) is 0 Å². The quantitative estimate of drug-likeness (QED) is 0.736. The van der Waals surface area contributed by atoms with Crippen molar-refractivity contribution in [3.05, 3.63) is 65.5 Å². The lowest BCUT2D eigenvalue weighted by molar-refractivity contribution is -0.121. The van der Waals surface area contributed by atoms with Gasteiger partial charge in [-0.2, -0.15) is 4.31 Å². The van der Waals surface area contributed by atoms with Gasteiger partial charge in [-0.3, -0.25) is 4.79 Å². The van der Waals surface area contributed by atoms with Crippen molar-refractivity contribution in [2.45, 2.75) is 37.0 Å². The van der Waals surface area contributed by atoms with Crippen molar-refractivity contribution in [3.8, 4) is 0 Å². The summed E-state index contributed by atoms with van der Waals surface area (Å²) in [5.74, 6) is -0.357. The number of amides is 1. The summed E-state index contributed by atoms with van der Waals surface area (Å²) in [6.07, 6.45) is 3.25. The molecule has 150 valence electrons. The van der Waals surface area contributed by atoms with Crippen LogP contribution in [-0.2, 0) is 27.7 Å². The predicted octanol–water partition coefficient (Wildman–Crippen LogP) is 2.90. The summed E-state index contributed by atoms with van der Waals surface area (Å²) in [6, 6.07) is 13.1. The van der Waals surface area contributed by atoms with Crippen molar-refractivity contribution in [1.82, 2.24) is 9.62 Å². The molecule has 1 N–H and O–H groups in total. The van der Waals surface area contributed by atoms with Crippen LogP contribution >= 0.6 is 0 Å². The standard InChI is InChI=1S/C21H25FN2O3S/c22-19-5-3-4-18(16-19)12-13-23-21(25)11-8-17-6-9-20(10-7-17)28(26,27)24-14-1-2-15-24/h3-7,9-10,16H,1-2,8,11-15H2,(H,23,25). The van der Waals surface area contributed by atoms with Gasteiger partial charge in [0.1, 0.15) is 5.82 Å². The Morgan fingerprint density at radius 1 is 1.00 bits per heavy atom. The lowest BCUT2D eigenvalue weighted by Crippen LogP contribution is -2.27. The van der Waals surface area contributed by atoms with Crippen LogP contribution in [0.15, 0.2) is 53.4 Å². The lowest BCUT2D eigenvalue weighted by atomic mass is 10.1. The van der Waals surface area contributed by atoms with Crippen molar-refractivity contribution in [2.24, 2.45) is 0 Å². The smallest absolute Gasteiger partial charge is 0.243 e. The molecule has 1 heterocycles. The number of aryl methyl sites for hydroxylation is 1. The van der Waals surface area contributed by atoms with Gasteiger partial charge in [0.25, 0.3) is 0 Å². The molecule has 7 heteroatoms. The van der Waals surface area contributed by atoms with Gasteiger partial charge in [-0.05, 0) is 61.1 Å². The van der Waals surface area contributed by atoms with Gasteiger partial charge < -0.3 is 5.32 Å². The first-order valence-corrected chi connectivity index (χ1v) is 11.0. The van der Waals surface area contributed by atoms with E-state index in [1.807, 2.05) is 6.07 Å². The normalized spacial score (nSPS) is 14.9. The third-order valence-electron chi connectivity index (χ3n) is 4.89. The molecule has 2 aromatic rings. The van der Waals surface area contributed by atoms with Gasteiger partial charge in [0.15, 0.2) is 0 Å². The van der Waals surface area contributed by atoms with E-state index in [0.717, 1.165) is 24.0 Å². The number of halogens is 1. The summed E-state index contributed by atoms with van der Waals surface area (Å²) in [7, 11) is -3.40. The molecule has 1 saturated heterocycles. The van der Waals surface area contributed by atoms with E-state index in [9.17, 15) is 17.6 Å². The second-order valence-electron chi connectivity index (χ2n) is 6.99. The average Bonchev–Trinajstić information content (AvgIpc) is 3.22. The summed E-state index contributed by atoms with van der Waals surface area (Å²) in [5, 5.41) is 2.83. The number of carbonyl (C=O) groups excluding carboxylic acids is 1. The number of nitrogens with one attached hydrogen (secondary N) is 1. The molecular formula is C21H25FN2O3S. The van der Waals surface area contributed by atoms with Crippen molar-refractivity contribution in [1.29, 1.82) is 0 Å². The molecule has 1 aliphatic heterocycles. The number of sulfonamides is 1. The van der Waals surface area contributed by atoms with Gasteiger partial charge in [-0.15, -0.1) is 0 Å². The molecule has 0 aliphatic carbocycles. The Labute approximate surface area is 165 Å². The Morgan fingerprint density at radius 2 is 1.71 bits per heavy atom. The highest BCUT2D eigenvalue weighted by molar-refractivity contribution is 7.89. The third kappa shape index (κ3) is 5.39. The van der Waals surface area contributed by atoms with E-state index in [4.69, 9.17) is 0 Å². The molecular weight excluding hydrogens is 379 g/mol. The zero-order chi connectivity index (χ0) is 20.0. The highest BCUT2D eigenvalue weighted by Crippen LogP contribution is 2.21. The molecule has 0 radical (unpaired) electrons. The van der Waals surface area contributed by atoms with Gasteiger partial charge >= 0.3 is 0 Å². The molecule has 1 fully saturated rings. The van der Waals surface area contributed by atoms with Gasteiger partial charge in [0.05, 0.1) is 4.90 Å². The maximum Gasteiger partial charge on any atom is 0.243 e. The average molecular weight is 405 g/mol. The first kappa shape index (κ1) is 20.5. The van der Waals surface area contributed by atoms with Gasteiger partial charge in [0.2, 0.25) is 15.9 Å². The van der Waals surface area contributed by atoms with E-state index in [1.54, 1.807) is 30.3 Å². The number of nitrogens with zero attached hydrogens (tertiary/aromatic N) is 1. The first-order chi connectivity index (χ1) is 13.4. The fourth-order valence-electron chi connectivity index (χ4n) is 3.29. The van der Waals surface area contributed by atoms with E-state index in [0.29, 0.717) is 43.8 Å². The Balaban J connectivity index is 1.44. The SMILES string of the molecule is O=C(CCc1ccc(S(=O)(=O)N2CCCC2)cc1)NCCc1cccc(F)c1. The molecule has 3 rings (SSSR count). The maximum absolute atomic E-state index is 13.1. The molecule has 0 saturated carbocycles. The zero-order valence-corrected chi connectivity index (χ0v) is 16.6. The number of hydrogen-bond acceptors (Lipinski definition) is 3. The fraction of sp³-hybridized carbons (Fsp3) is 0.381. The van der Waals surface area contributed by atoms with Crippen molar-refractivity contribution < 1.29 is 17.6 Å². The number of benzene rings is 2. The molecule has 1 aliphatic rings. The van der Waals surface area contributed by atoms with Gasteiger partial charge in [0, 0.05) is 26.1 Å². The second-order valence-corrected chi connectivity index (χ2v) is 8.92. The molecule has 2 aromatic carbocycles. The van der Waals surface area contributed by atoms with Crippen LogP contribution in [0.4, 0.5) is 4.39 Å². The molecule has 28 heavy (non-hydrogen) atoms. The van der Waals surface area contributed by atoms with Gasteiger partial charge in [-0.25, -0.2) is 12.8 Å². The minimum absolute atomic E-state index is 0.0785. The fourth-order valence-corrected chi connectivity index (χ4v) is 4.81. The van der Waals surface area contributed by atoms with Gasteiger partial charge in [-0.1, -0.05) is 24.3 Å². The zero-order valence-electron chi connectivity index (χ0n) is 15.7. The van der Waals surface area contributed by atoms with Crippen molar-refractivity contribution in [2.75, 3.05) is 19.6 Å². The third-order valence-corrected chi connectivity index (χ3v) is 6.80. The summed E-state index contributed by atoms with van der Waals surface area (Å²) in [6.45, 7) is 1.62. The Morgan fingerprint density at radius 3 is 2.39 bits per heavy atom. The van der Waals surface area contributed by atoms with Crippen molar-refractivity contribution >= 4 is 15.9 Å². The molecule has 0 bridgehead atoms. The lowest BCUT2D eigenvalue weighted by Gasteiger charge is -2.15. The topological polar surface area (TPSA) is 66.5 Å². The minimum Gasteiger partial charge on any atom is -0.356 e. The molecule has 0 spiro atoms. The predicted molar refractivity (Wildman–Crippen MR) is 106 cm³/mol. The van der Waals surface area contributed by atoms with Crippen LogP contribution < -0.4 is 5.32 Å². The van der Waals surface area contributed by atoms with Crippen LogP contribution in [0.5, 0.6) is 0 Å². The van der Waals surface area contributed by atoms with Crippen LogP contribution in [0.1, 0.15) is 30.4 Å². The van der Waals surface area contributed by atoms with Crippen LogP contribution in [0, 0.1) is 5.82 Å². The number of rotatable bonds is 8. The molecule has 1 amide bonds. The van der Waals surface area contributed by atoms with Crippen LogP contribution in [-0.4, -0.2) is 38.3 Å². The molecule has 0 atom stereocenters. The van der Waals surface area contributed by atoms with E-state index in [1.165, 1.54) is 16.4 Å². The van der Waals surface area contributed by atoms with Crippen LogP contribution in [0.3, 0.4) is 0 Å². The monoisotopic (exact) mass is 404 g/mol. The minimum atomic E-state index is -3.40. The van der Waals surface area contributed by atoms with Crippen LogP contribution in [0.2, 0.25) is 0 Å². The highest BCUT2D eigenvalue weighted by Gasteiger charge is 2.26. The molecule has 5 nitrogen and oxygen atoms in total. The second kappa shape index (κ2) is 9.30. The van der Waals surface area contributed by atoms with E-state index in [2.05, 4.69) is 5.32 Å².